The molecule has 1 aromatic rings. The fourth-order valence-corrected chi connectivity index (χ4v) is 3.02. The first-order valence-electron chi connectivity index (χ1n) is 8.51. The van der Waals surface area contributed by atoms with Gasteiger partial charge in [0, 0.05) is 45.0 Å². The molecule has 0 atom stereocenters. The Morgan fingerprint density at radius 2 is 1.73 bits per heavy atom. The molecule has 1 heterocycles. The number of anilines is 1. The van der Waals surface area contributed by atoms with E-state index in [2.05, 4.69) is 49.9 Å². The maximum Gasteiger partial charge on any atom is 0.320 e. The van der Waals surface area contributed by atoms with Gasteiger partial charge in [-0.1, -0.05) is 26.0 Å². The number of benzene rings is 1. The van der Waals surface area contributed by atoms with E-state index in [1.807, 2.05) is 9.80 Å². The number of aryl methyl sites for hydroxylation is 1. The Labute approximate surface area is 134 Å². The Kier molecular flexibility index (Phi) is 6.10. The van der Waals surface area contributed by atoms with Gasteiger partial charge in [0.1, 0.15) is 0 Å². The van der Waals surface area contributed by atoms with Gasteiger partial charge in [0.2, 0.25) is 0 Å². The monoisotopic (exact) mass is 303 g/mol. The molecule has 0 aliphatic carbocycles. The maximum absolute atomic E-state index is 12.6. The highest BCUT2D eigenvalue weighted by atomic mass is 16.2. The van der Waals surface area contributed by atoms with Crippen LogP contribution in [0, 0.1) is 6.92 Å². The molecule has 0 aromatic heterocycles. The summed E-state index contributed by atoms with van der Waals surface area (Å²) in [5.41, 5.74) is 2.55. The summed E-state index contributed by atoms with van der Waals surface area (Å²) in [5.74, 6) is 0. The topological polar surface area (TPSA) is 26.8 Å². The summed E-state index contributed by atoms with van der Waals surface area (Å²) >= 11 is 0. The first kappa shape index (κ1) is 16.7. The van der Waals surface area contributed by atoms with Crippen LogP contribution >= 0.6 is 0 Å². The number of piperazine rings is 1. The van der Waals surface area contributed by atoms with Crippen molar-refractivity contribution < 1.29 is 4.79 Å². The molecule has 4 nitrogen and oxygen atoms in total. The largest absolute Gasteiger partial charge is 0.368 e. The second-order valence-electron chi connectivity index (χ2n) is 6.08. The van der Waals surface area contributed by atoms with E-state index >= 15 is 0 Å². The molecule has 1 aromatic carbocycles. The van der Waals surface area contributed by atoms with E-state index in [4.69, 9.17) is 0 Å². The maximum atomic E-state index is 12.6. The SMILES string of the molecule is CCCN(CCC)C(=O)N1CCN(c2cccc(C)c2)CC1. The molecular formula is C18H29N3O. The van der Waals surface area contributed by atoms with Crippen molar-refractivity contribution in [1.29, 1.82) is 0 Å². The van der Waals surface area contributed by atoms with E-state index in [9.17, 15) is 4.79 Å². The van der Waals surface area contributed by atoms with Crippen molar-refractivity contribution >= 4 is 11.7 Å². The molecule has 1 aliphatic heterocycles. The van der Waals surface area contributed by atoms with Gasteiger partial charge in [0.25, 0.3) is 0 Å². The number of hydrogen-bond donors (Lipinski definition) is 0. The molecular weight excluding hydrogens is 274 g/mol. The van der Waals surface area contributed by atoms with Crippen LogP contribution in [0.15, 0.2) is 24.3 Å². The Bertz CT molecular complexity index is 475. The number of rotatable bonds is 5. The van der Waals surface area contributed by atoms with Gasteiger partial charge < -0.3 is 14.7 Å². The minimum Gasteiger partial charge on any atom is -0.368 e. The van der Waals surface area contributed by atoms with E-state index in [-0.39, 0.29) is 6.03 Å². The lowest BCUT2D eigenvalue weighted by atomic mass is 10.2. The van der Waals surface area contributed by atoms with Crippen LogP contribution in [0.1, 0.15) is 32.3 Å². The predicted molar refractivity (Wildman–Crippen MR) is 92.5 cm³/mol. The Hall–Kier alpha value is -1.71. The van der Waals surface area contributed by atoms with Gasteiger partial charge in [0.15, 0.2) is 0 Å². The lowest BCUT2D eigenvalue weighted by Gasteiger charge is -2.38. The minimum absolute atomic E-state index is 0.215. The number of carbonyl (C=O) groups is 1. The number of amides is 2. The van der Waals surface area contributed by atoms with E-state index < -0.39 is 0 Å². The molecule has 1 saturated heterocycles. The second-order valence-corrected chi connectivity index (χ2v) is 6.08. The summed E-state index contributed by atoms with van der Waals surface area (Å²) in [4.78, 5) is 19.0. The molecule has 0 N–H and O–H groups in total. The van der Waals surface area contributed by atoms with Crippen LogP contribution in [0.25, 0.3) is 0 Å². The fourth-order valence-electron chi connectivity index (χ4n) is 3.02. The zero-order valence-electron chi connectivity index (χ0n) is 14.2. The number of nitrogens with zero attached hydrogens (tertiary/aromatic N) is 3. The first-order valence-corrected chi connectivity index (χ1v) is 8.51. The fraction of sp³-hybridized carbons (Fsp3) is 0.611. The van der Waals surface area contributed by atoms with Crippen LogP contribution in [0.2, 0.25) is 0 Å². The lowest BCUT2D eigenvalue weighted by molar-refractivity contribution is 0.150. The average Bonchev–Trinajstić information content (AvgIpc) is 2.54. The van der Waals surface area contributed by atoms with Crippen LogP contribution in [0.3, 0.4) is 0 Å². The molecule has 1 fully saturated rings. The Balaban J connectivity index is 1.92. The molecule has 0 saturated carbocycles. The Morgan fingerprint density at radius 1 is 1.09 bits per heavy atom. The van der Waals surface area contributed by atoms with Gasteiger partial charge in [-0.05, 0) is 37.5 Å². The summed E-state index contributed by atoms with van der Waals surface area (Å²) in [7, 11) is 0. The summed E-state index contributed by atoms with van der Waals surface area (Å²) in [6, 6.07) is 8.82. The molecule has 0 unspecified atom stereocenters. The van der Waals surface area contributed by atoms with Crippen LogP contribution in [0.5, 0.6) is 0 Å². The third-order valence-corrected chi connectivity index (χ3v) is 4.17. The standard InChI is InChI=1S/C18H29N3O/c1-4-9-20(10-5-2)18(22)21-13-11-19(12-14-21)17-8-6-7-16(3)15-17/h6-8,15H,4-5,9-14H2,1-3H3. The molecule has 0 radical (unpaired) electrons. The van der Waals surface area contributed by atoms with Crippen molar-refractivity contribution in [1.82, 2.24) is 9.80 Å². The smallest absolute Gasteiger partial charge is 0.320 e. The van der Waals surface area contributed by atoms with Crippen LogP contribution in [-0.4, -0.2) is 55.1 Å². The molecule has 0 bridgehead atoms. The Morgan fingerprint density at radius 3 is 2.27 bits per heavy atom. The molecule has 2 rings (SSSR count). The number of carbonyl (C=O) groups excluding carboxylic acids is 1. The molecule has 4 heteroatoms. The number of hydrogen-bond acceptors (Lipinski definition) is 2. The van der Waals surface area contributed by atoms with Crippen molar-refractivity contribution in [2.24, 2.45) is 0 Å². The minimum atomic E-state index is 0.215. The van der Waals surface area contributed by atoms with Crippen LogP contribution in [-0.2, 0) is 0 Å². The van der Waals surface area contributed by atoms with Gasteiger partial charge in [-0.25, -0.2) is 4.79 Å². The van der Waals surface area contributed by atoms with Crippen molar-refractivity contribution in [2.45, 2.75) is 33.6 Å². The van der Waals surface area contributed by atoms with Crippen molar-refractivity contribution in [2.75, 3.05) is 44.2 Å². The highest BCUT2D eigenvalue weighted by molar-refractivity contribution is 5.74. The van der Waals surface area contributed by atoms with Crippen molar-refractivity contribution in [3.63, 3.8) is 0 Å². The van der Waals surface area contributed by atoms with E-state index in [0.717, 1.165) is 52.1 Å². The van der Waals surface area contributed by atoms with E-state index in [1.165, 1.54) is 11.3 Å². The highest BCUT2D eigenvalue weighted by Gasteiger charge is 2.24. The van der Waals surface area contributed by atoms with Crippen LogP contribution in [0.4, 0.5) is 10.5 Å². The number of urea groups is 1. The summed E-state index contributed by atoms with van der Waals surface area (Å²) < 4.78 is 0. The highest BCUT2D eigenvalue weighted by Crippen LogP contribution is 2.18. The third-order valence-electron chi connectivity index (χ3n) is 4.17. The van der Waals surface area contributed by atoms with Gasteiger partial charge in [-0.2, -0.15) is 0 Å². The molecule has 2 amide bonds. The normalized spacial score (nSPS) is 15.0. The average molecular weight is 303 g/mol. The van der Waals surface area contributed by atoms with Gasteiger partial charge in [-0.3, -0.25) is 0 Å². The summed E-state index contributed by atoms with van der Waals surface area (Å²) in [6.07, 6.45) is 2.05. The van der Waals surface area contributed by atoms with Gasteiger partial charge in [-0.15, -0.1) is 0 Å². The second kappa shape index (κ2) is 8.06. The molecule has 0 spiro atoms. The lowest BCUT2D eigenvalue weighted by Crippen LogP contribution is -2.53. The third kappa shape index (κ3) is 4.15. The zero-order valence-corrected chi connectivity index (χ0v) is 14.2. The summed E-state index contributed by atoms with van der Waals surface area (Å²) in [6.45, 7) is 11.6. The molecule has 1 aliphatic rings. The van der Waals surface area contributed by atoms with E-state index in [0.29, 0.717) is 0 Å². The van der Waals surface area contributed by atoms with Crippen LogP contribution < -0.4 is 4.90 Å². The quantitative estimate of drug-likeness (QED) is 0.834. The first-order chi connectivity index (χ1) is 10.7. The van der Waals surface area contributed by atoms with Gasteiger partial charge in [0.05, 0.1) is 0 Å². The van der Waals surface area contributed by atoms with Crippen molar-refractivity contribution in [3.8, 4) is 0 Å². The molecule has 122 valence electrons. The molecule has 22 heavy (non-hydrogen) atoms. The zero-order chi connectivity index (χ0) is 15.9. The van der Waals surface area contributed by atoms with Crippen molar-refractivity contribution in [3.05, 3.63) is 29.8 Å². The predicted octanol–water partition coefficient (Wildman–Crippen LogP) is 3.36. The summed E-state index contributed by atoms with van der Waals surface area (Å²) in [5, 5.41) is 0. The van der Waals surface area contributed by atoms with E-state index in [1.54, 1.807) is 0 Å². The van der Waals surface area contributed by atoms with Gasteiger partial charge >= 0.3 is 6.03 Å².